The van der Waals surface area contributed by atoms with E-state index in [1.165, 1.54) is 6.92 Å². The Kier molecular flexibility index (Phi) is 8.62. The molecule has 1 aromatic carbocycles. The number of amides is 1. The largest absolute Gasteiger partial charge is 0.481 e. The lowest BCUT2D eigenvalue weighted by molar-refractivity contribution is -0.139. The van der Waals surface area contributed by atoms with E-state index in [1.807, 2.05) is 45.2 Å². The van der Waals surface area contributed by atoms with Crippen LogP contribution in [0.3, 0.4) is 0 Å². The number of hydrogen-bond donors (Lipinski definition) is 2. The maximum absolute atomic E-state index is 12.2. The number of hydrogen-bond acceptors (Lipinski definition) is 4. The minimum absolute atomic E-state index is 0.0588. The summed E-state index contributed by atoms with van der Waals surface area (Å²) in [4.78, 5) is 46.3. The molecular formula is C13H8Cl2I3NO5. The van der Waals surface area contributed by atoms with E-state index in [0.717, 1.165) is 0 Å². The molecule has 2 N–H and O–H groups in total. The summed E-state index contributed by atoms with van der Waals surface area (Å²) in [7, 11) is 0. The molecule has 0 bridgehead atoms. The van der Waals surface area contributed by atoms with E-state index < -0.39 is 28.3 Å². The summed E-state index contributed by atoms with van der Waals surface area (Å²) in [6.07, 6.45) is -0.355. The molecule has 24 heavy (non-hydrogen) atoms. The Labute approximate surface area is 187 Å². The van der Waals surface area contributed by atoms with Gasteiger partial charge in [-0.1, -0.05) is 6.92 Å². The standard InChI is InChI=1S/C13H8Cl2I3NO5/c1-3(2-4(20)21)13(24)19-10-8(17)5(11(14)22)7(16)6(9(10)18)12(15)23/h3H,2H2,1H3,(H,19,24)(H,20,21). The molecule has 6 nitrogen and oxygen atoms in total. The van der Waals surface area contributed by atoms with E-state index in [0.29, 0.717) is 7.14 Å². The molecule has 0 aromatic heterocycles. The fraction of sp³-hybridized carbons (Fsp3) is 0.231. The van der Waals surface area contributed by atoms with Crippen LogP contribution < -0.4 is 5.32 Å². The van der Waals surface area contributed by atoms with Crippen LogP contribution in [0.5, 0.6) is 0 Å². The van der Waals surface area contributed by atoms with Crippen molar-refractivity contribution in [3.05, 3.63) is 21.8 Å². The zero-order valence-electron chi connectivity index (χ0n) is 11.8. The molecule has 0 fully saturated rings. The topological polar surface area (TPSA) is 101 Å². The number of benzene rings is 1. The summed E-state index contributed by atoms with van der Waals surface area (Å²) in [6, 6.07) is 0. The first kappa shape index (κ1) is 22.3. The van der Waals surface area contributed by atoms with Gasteiger partial charge in [0.2, 0.25) is 5.91 Å². The second kappa shape index (κ2) is 9.28. The molecule has 0 spiro atoms. The second-order valence-electron chi connectivity index (χ2n) is 4.60. The van der Waals surface area contributed by atoms with Crippen LogP contribution in [-0.4, -0.2) is 27.5 Å². The Morgan fingerprint density at radius 1 is 1.00 bits per heavy atom. The van der Waals surface area contributed by atoms with Crippen LogP contribution in [0.2, 0.25) is 0 Å². The van der Waals surface area contributed by atoms with Crippen molar-refractivity contribution in [2.45, 2.75) is 13.3 Å². The number of rotatable bonds is 6. The van der Waals surface area contributed by atoms with Gasteiger partial charge in [-0.15, -0.1) is 0 Å². The van der Waals surface area contributed by atoms with Crippen molar-refractivity contribution in [2.24, 2.45) is 5.92 Å². The predicted octanol–water partition coefficient (Wildman–Crippen LogP) is 4.31. The molecule has 0 saturated heterocycles. The van der Waals surface area contributed by atoms with Gasteiger partial charge in [-0.25, -0.2) is 0 Å². The lowest BCUT2D eigenvalue weighted by Gasteiger charge is -2.18. The molecular weight excluding hydrogens is 702 g/mol. The number of carboxylic acids is 1. The molecule has 1 aromatic rings. The van der Waals surface area contributed by atoms with Gasteiger partial charge in [0.25, 0.3) is 10.5 Å². The predicted molar refractivity (Wildman–Crippen MR) is 115 cm³/mol. The van der Waals surface area contributed by atoms with E-state index in [2.05, 4.69) is 5.32 Å². The molecule has 11 heteroatoms. The van der Waals surface area contributed by atoms with Crippen LogP contribution >= 0.6 is 91.0 Å². The Morgan fingerprint density at radius 2 is 1.42 bits per heavy atom. The fourth-order valence-corrected chi connectivity index (χ4v) is 7.15. The number of carboxylic acid groups (broad SMARTS) is 1. The van der Waals surface area contributed by atoms with Gasteiger partial charge in [-0.2, -0.15) is 0 Å². The number of anilines is 1. The van der Waals surface area contributed by atoms with Crippen LogP contribution in [0, 0.1) is 16.6 Å². The minimum atomic E-state index is -1.11. The third kappa shape index (κ3) is 5.14. The van der Waals surface area contributed by atoms with Gasteiger partial charge in [0, 0.05) is 9.49 Å². The molecule has 0 aliphatic heterocycles. The van der Waals surface area contributed by atoms with Gasteiger partial charge in [-0.05, 0) is 91.0 Å². The molecule has 130 valence electrons. The highest BCUT2D eigenvalue weighted by atomic mass is 127. The monoisotopic (exact) mass is 709 g/mol. The van der Waals surface area contributed by atoms with Crippen molar-refractivity contribution >= 4 is 119 Å². The van der Waals surface area contributed by atoms with Crippen molar-refractivity contribution < 1.29 is 24.3 Å². The molecule has 0 radical (unpaired) electrons. The molecule has 0 saturated carbocycles. The summed E-state index contributed by atoms with van der Waals surface area (Å²) < 4.78 is 0.982. The number of carbonyl (C=O) groups is 4. The lowest BCUT2D eigenvalue weighted by Crippen LogP contribution is -2.25. The molecule has 0 aliphatic rings. The third-order valence-electron chi connectivity index (χ3n) is 2.89. The normalized spacial score (nSPS) is 11.8. The third-order valence-corrected chi connectivity index (χ3v) is 6.50. The Balaban J connectivity index is 3.48. The van der Waals surface area contributed by atoms with E-state index in [-0.39, 0.29) is 26.8 Å². The van der Waals surface area contributed by atoms with E-state index in [1.54, 1.807) is 22.6 Å². The summed E-state index contributed by atoms with van der Waals surface area (Å²) in [5.74, 6) is -2.48. The highest BCUT2D eigenvalue weighted by molar-refractivity contribution is 14.1. The summed E-state index contributed by atoms with van der Waals surface area (Å²) >= 11 is 16.6. The average Bonchev–Trinajstić information content (AvgIpc) is 2.41. The average molecular weight is 710 g/mol. The molecule has 1 rings (SSSR count). The summed E-state index contributed by atoms with van der Waals surface area (Å²) in [6.45, 7) is 1.46. The number of nitrogens with one attached hydrogen (secondary N) is 1. The number of halogens is 5. The Hall–Kier alpha value is 0.270. The van der Waals surface area contributed by atoms with Gasteiger partial charge in [0.15, 0.2) is 0 Å². The smallest absolute Gasteiger partial charge is 0.304 e. The SMILES string of the molecule is CC(CC(=O)O)C(=O)Nc1c(I)c(C(=O)Cl)c(I)c(C(=O)Cl)c1I. The summed E-state index contributed by atoms with van der Waals surface area (Å²) in [5, 5.41) is 9.73. The van der Waals surface area contributed by atoms with Gasteiger partial charge < -0.3 is 10.4 Å². The first-order chi connectivity index (χ1) is 11.0. The lowest BCUT2D eigenvalue weighted by atomic mass is 10.1. The first-order valence-corrected chi connectivity index (χ1v) is 10.1. The van der Waals surface area contributed by atoms with E-state index >= 15 is 0 Å². The number of carbonyl (C=O) groups excluding carboxylic acids is 3. The Bertz CT molecular complexity index is 713. The van der Waals surface area contributed by atoms with E-state index in [9.17, 15) is 19.2 Å². The molecule has 1 amide bonds. The quantitative estimate of drug-likeness (QED) is 0.339. The molecule has 1 atom stereocenters. The van der Waals surface area contributed by atoms with Crippen molar-refractivity contribution in [1.29, 1.82) is 0 Å². The first-order valence-electron chi connectivity index (χ1n) is 6.11. The van der Waals surface area contributed by atoms with E-state index in [4.69, 9.17) is 28.3 Å². The minimum Gasteiger partial charge on any atom is -0.481 e. The van der Waals surface area contributed by atoms with Crippen LogP contribution in [0.4, 0.5) is 5.69 Å². The molecule has 0 heterocycles. The van der Waals surface area contributed by atoms with Crippen LogP contribution in [-0.2, 0) is 9.59 Å². The Morgan fingerprint density at radius 3 is 1.75 bits per heavy atom. The van der Waals surface area contributed by atoms with Crippen LogP contribution in [0.1, 0.15) is 34.1 Å². The van der Waals surface area contributed by atoms with Crippen LogP contribution in [0.15, 0.2) is 0 Å². The molecule has 0 aliphatic carbocycles. The maximum atomic E-state index is 12.2. The summed E-state index contributed by atoms with van der Waals surface area (Å²) in [5.41, 5.74) is 0.318. The van der Waals surface area contributed by atoms with Gasteiger partial charge >= 0.3 is 5.97 Å². The zero-order chi connectivity index (χ0) is 18.8. The van der Waals surface area contributed by atoms with Crippen LogP contribution in [0.25, 0.3) is 0 Å². The highest BCUT2D eigenvalue weighted by Crippen LogP contribution is 2.37. The number of aliphatic carboxylic acids is 1. The fourth-order valence-electron chi connectivity index (χ4n) is 1.72. The van der Waals surface area contributed by atoms with Crippen molar-refractivity contribution in [3.63, 3.8) is 0 Å². The zero-order valence-corrected chi connectivity index (χ0v) is 19.7. The maximum Gasteiger partial charge on any atom is 0.304 e. The van der Waals surface area contributed by atoms with Gasteiger partial charge in [0.1, 0.15) is 0 Å². The van der Waals surface area contributed by atoms with Crippen molar-refractivity contribution in [2.75, 3.05) is 5.32 Å². The molecule has 1 unspecified atom stereocenters. The van der Waals surface area contributed by atoms with Crippen molar-refractivity contribution in [1.82, 2.24) is 0 Å². The van der Waals surface area contributed by atoms with Gasteiger partial charge in [0.05, 0.1) is 30.4 Å². The van der Waals surface area contributed by atoms with Crippen molar-refractivity contribution in [3.8, 4) is 0 Å². The van der Waals surface area contributed by atoms with Gasteiger partial charge in [-0.3, -0.25) is 19.2 Å². The second-order valence-corrected chi connectivity index (χ2v) is 8.53. The highest BCUT2D eigenvalue weighted by Gasteiger charge is 2.28.